The van der Waals surface area contributed by atoms with Gasteiger partial charge >= 0.3 is 12.1 Å². The smallest absolute Gasteiger partial charge is 0.422 e. The minimum Gasteiger partial charge on any atom is -0.468 e. The molecule has 0 unspecified atom stereocenters. The summed E-state index contributed by atoms with van der Waals surface area (Å²) < 4.78 is 11.1. The maximum atomic E-state index is 11.7. The number of fused-ring (bicyclic) bond motifs is 1. The number of methoxy groups -OCH3 is 1. The predicted molar refractivity (Wildman–Crippen MR) is 52.2 cm³/mol. The molecule has 0 amide bonds. The van der Waals surface area contributed by atoms with E-state index >= 15 is 0 Å². The van der Waals surface area contributed by atoms with Crippen molar-refractivity contribution in [3.8, 4) is 6.01 Å². The lowest BCUT2D eigenvalue weighted by molar-refractivity contribution is -0.0985. The van der Waals surface area contributed by atoms with Gasteiger partial charge in [0, 0.05) is 0 Å². The predicted octanol–water partition coefficient (Wildman–Crippen LogP) is 0.601. The van der Waals surface area contributed by atoms with E-state index < -0.39 is 6.09 Å². The van der Waals surface area contributed by atoms with Gasteiger partial charge in [-0.05, 0) is 6.92 Å². The molecular formula is C9H13N3O4. The minimum atomic E-state index is -0.539. The SMILES string of the molecule is CCOC(=O)n1c(OC)nc2c1CN(O)C2. The van der Waals surface area contributed by atoms with E-state index in [1.165, 1.54) is 11.7 Å². The maximum Gasteiger partial charge on any atom is 0.422 e. The van der Waals surface area contributed by atoms with Crippen LogP contribution in [0.1, 0.15) is 18.3 Å². The Morgan fingerprint density at radius 1 is 1.56 bits per heavy atom. The zero-order chi connectivity index (χ0) is 11.7. The molecule has 0 saturated heterocycles. The van der Waals surface area contributed by atoms with Gasteiger partial charge in [-0.2, -0.15) is 14.6 Å². The summed E-state index contributed by atoms with van der Waals surface area (Å²) in [6.07, 6.45) is -0.539. The number of hydroxylamine groups is 2. The van der Waals surface area contributed by atoms with Gasteiger partial charge < -0.3 is 14.7 Å². The van der Waals surface area contributed by atoms with E-state index in [1.807, 2.05) is 0 Å². The lowest BCUT2D eigenvalue weighted by atomic mass is 10.4. The average Bonchev–Trinajstić information content (AvgIpc) is 2.72. The van der Waals surface area contributed by atoms with Crippen molar-refractivity contribution < 1.29 is 19.5 Å². The molecule has 1 N–H and O–H groups in total. The highest BCUT2D eigenvalue weighted by molar-refractivity contribution is 5.73. The highest BCUT2D eigenvalue weighted by atomic mass is 16.6. The van der Waals surface area contributed by atoms with Crippen molar-refractivity contribution >= 4 is 6.09 Å². The number of imidazole rings is 1. The van der Waals surface area contributed by atoms with Crippen LogP contribution in [0.15, 0.2) is 0 Å². The Morgan fingerprint density at radius 3 is 2.94 bits per heavy atom. The summed E-state index contributed by atoms with van der Waals surface area (Å²) in [7, 11) is 1.43. The third-order valence-corrected chi connectivity index (χ3v) is 2.32. The van der Waals surface area contributed by atoms with Crippen molar-refractivity contribution in [2.75, 3.05) is 13.7 Å². The van der Waals surface area contributed by atoms with Crippen LogP contribution in [-0.4, -0.2) is 39.6 Å². The fourth-order valence-electron chi connectivity index (χ4n) is 1.68. The van der Waals surface area contributed by atoms with Crippen molar-refractivity contribution in [3.05, 3.63) is 11.4 Å². The van der Waals surface area contributed by atoms with Gasteiger partial charge in [0.1, 0.15) is 0 Å². The number of nitrogens with zero attached hydrogens (tertiary/aromatic N) is 3. The van der Waals surface area contributed by atoms with E-state index in [1.54, 1.807) is 6.92 Å². The number of hydrogen-bond donors (Lipinski definition) is 1. The van der Waals surface area contributed by atoms with Crippen molar-refractivity contribution in [1.82, 2.24) is 14.6 Å². The first kappa shape index (κ1) is 10.9. The molecule has 88 valence electrons. The first-order valence-electron chi connectivity index (χ1n) is 4.92. The number of hydrogen-bond acceptors (Lipinski definition) is 6. The molecular weight excluding hydrogens is 214 g/mol. The molecule has 0 saturated carbocycles. The van der Waals surface area contributed by atoms with Gasteiger partial charge in [-0.1, -0.05) is 0 Å². The van der Waals surface area contributed by atoms with Crippen molar-refractivity contribution in [2.45, 2.75) is 20.0 Å². The number of carbonyl (C=O) groups is 1. The molecule has 1 aliphatic rings. The highest BCUT2D eigenvalue weighted by Gasteiger charge is 2.30. The van der Waals surface area contributed by atoms with E-state index in [4.69, 9.17) is 9.47 Å². The number of rotatable bonds is 2. The first-order chi connectivity index (χ1) is 7.67. The van der Waals surface area contributed by atoms with E-state index in [2.05, 4.69) is 4.98 Å². The van der Waals surface area contributed by atoms with Crippen LogP contribution in [0.3, 0.4) is 0 Å². The van der Waals surface area contributed by atoms with Gasteiger partial charge in [-0.3, -0.25) is 0 Å². The Morgan fingerprint density at radius 2 is 2.31 bits per heavy atom. The largest absolute Gasteiger partial charge is 0.468 e. The van der Waals surface area contributed by atoms with Crippen molar-refractivity contribution in [2.24, 2.45) is 0 Å². The zero-order valence-corrected chi connectivity index (χ0v) is 9.13. The molecule has 1 aromatic rings. The van der Waals surface area contributed by atoms with Gasteiger partial charge in [0.05, 0.1) is 38.2 Å². The zero-order valence-electron chi connectivity index (χ0n) is 9.13. The highest BCUT2D eigenvalue weighted by Crippen LogP contribution is 2.26. The van der Waals surface area contributed by atoms with E-state index in [9.17, 15) is 10.0 Å². The second kappa shape index (κ2) is 4.11. The van der Waals surface area contributed by atoms with Crippen molar-refractivity contribution in [1.29, 1.82) is 0 Å². The lowest BCUT2D eigenvalue weighted by Crippen LogP contribution is -2.19. The molecule has 0 spiro atoms. The summed E-state index contributed by atoms with van der Waals surface area (Å²) >= 11 is 0. The van der Waals surface area contributed by atoms with Gasteiger partial charge in [0.15, 0.2) is 0 Å². The quantitative estimate of drug-likeness (QED) is 0.797. The fourth-order valence-corrected chi connectivity index (χ4v) is 1.68. The monoisotopic (exact) mass is 227 g/mol. The van der Waals surface area contributed by atoms with Crippen LogP contribution in [0.2, 0.25) is 0 Å². The van der Waals surface area contributed by atoms with Gasteiger partial charge in [-0.15, -0.1) is 0 Å². The average molecular weight is 227 g/mol. The molecule has 0 aromatic carbocycles. The maximum absolute atomic E-state index is 11.7. The van der Waals surface area contributed by atoms with E-state index in [0.29, 0.717) is 11.4 Å². The summed E-state index contributed by atoms with van der Waals surface area (Å²) in [5, 5.41) is 10.4. The van der Waals surface area contributed by atoms with E-state index in [-0.39, 0.29) is 25.7 Å². The summed E-state index contributed by atoms with van der Waals surface area (Å²) in [5.74, 6) is 0. The molecule has 7 nitrogen and oxygen atoms in total. The van der Waals surface area contributed by atoms with Gasteiger partial charge in [0.25, 0.3) is 0 Å². The molecule has 0 radical (unpaired) electrons. The molecule has 1 aromatic heterocycles. The first-order valence-corrected chi connectivity index (χ1v) is 4.92. The Balaban J connectivity index is 2.38. The standard InChI is InChI=1S/C9H13N3O4/c1-3-16-9(13)12-7-5-11(14)4-6(7)10-8(12)15-2/h14H,3-5H2,1-2H3. The summed E-state index contributed by atoms with van der Waals surface area (Å²) in [5.41, 5.74) is 1.24. The van der Waals surface area contributed by atoms with Crippen molar-refractivity contribution in [3.63, 3.8) is 0 Å². The number of aromatic nitrogens is 2. The molecule has 0 bridgehead atoms. The molecule has 0 atom stereocenters. The van der Waals surface area contributed by atoms with Crippen LogP contribution in [0, 0.1) is 0 Å². The summed E-state index contributed by atoms with van der Waals surface area (Å²) in [4.78, 5) is 15.8. The molecule has 2 rings (SSSR count). The topological polar surface area (TPSA) is 76.8 Å². The van der Waals surface area contributed by atoms with Crippen LogP contribution in [0.4, 0.5) is 4.79 Å². The molecule has 0 aliphatic carbocycles. The lowest BCUT2D eigenvalue weighted by Gasteiger charge is -2.09. The van der Waals surface area contributed by atoms with Crippen LogP contribution >= 0.6 is 0 Å². The Hall–Kier alpha value is -1.60. The van der Waals surface area contributed by atoms with Crippen LogP contribution in [0.5, 0.6) is 6.01 Å². The minimum absolute atomic E-state index is 0.191. The third kappa shape index (κ3) is 1.63. The summed E-state index contributed by atoms with van der Waals surface area (Å²) in [6.45, 7) is 2.53. The van der Waals surface area contributed by atoms with Gasteiger partial charge in [0.2, 0.25) is 0 Å². The molecule has 0 fully saturated rings. The fraction of sp³-hybridized carbons (Fsp3) is 0.556. The molecule has 7 heteroatoms. The molecule has 16 heavy (non-hydrogen) atoms. The summed E-state index contributed by atoms with van der Waals surface area (Å²) in [6, 6.07) is 0.191. The third-order valence-electron chi connectivity index (χ3n) is 2.32. The Kier molecular flexibility index (Phi) is 2.80. The van der Waals surface area contributed by atoms with Crippen LogP contribution < -0.4 is 4.74 Å². The van der Waals surface area contributed by atoms with Crippen LogP contribution in [-0.2, 0) is 17.8 Å². The Bertz CT molecular complexity index is 415. The van der Waals surface area contributed by atoms with Gasteiger partial charge in [-0.25, -0.2) is 4.79 Å². The molecule has 2 heterocycles. The Labute approximate surface area is 92.2 Å². The van der Waals surface area contributed by atoms with E-state index in [0.717, 1.165) is 5.06 Å². The number of carbonyl (C=O) groups excluding carboxylic acids is 1. The van der Waals surface area contributed by atoms with Crippen LogP contribution in [0.25, 0.3) is 0 Å². The second-order valence-corrected chi connectivity index (χ2v) is 3.35. The number of ether oxygens (including phenoxy) is 2. The molecule has 1 aliphatic heterocycles. The second-order valence-electron chi connectivity index (χ2n) is 3.35. The normalized spacial score (nSPS) is 14.9.